The van der Waals surface area contributed by atoms with Crippen LogP contribution in [0.25, 0.3) is 0 Å². The second-order valence-corrected chi connectivity index (χ2v) is 8.37. The first kappa shape index (κ1) is 18.0. The maximum absolute atomic E-state index is 6.46. The number of hydrogen-bond acceptors (Lipinski definition) is 1. The Labute approximate surface area is 139 Å². The molecule has 0 aliphatic heterocycles. The normalized spacial score (nSPS) is 29.9. The summed E-state index contributed by atoms with van der Waals surface area (Å²) in [4.78, 5) is 0. The molecule has 1 nitrogen and oxygen atoms in total. The summed E-state index contributed by atoms with van der Waals surface area (Å²) in [6.45, 7) is 7.04. The number of nitrogens with two attached hydrogens (primary N) is 1. The highest BCUT2D eigenvalue weighted by molar-refractivity contribution is 5.12. The van der Waals surface area contributed by atoms with E-state index >= 15 is 0 Å². The summed E-state index contributed by atoms with van der Waals surface area (Å²) >= 11 is 0. The summed E-state index contributed by atoms with van der Waals surface area (Å²) in [7, 11) is 0. The van der Waals surface area contributed by atoms with Gasteiger partial charge in [0.25, 0.3) is 0 Å². The van der Waals surface area contributed by atoms with Gasteiger partial charge >= 0.3 is 0 Å². The predicted molar refractivity (Wildman–Crippen MR) is 97.8 cm³/mol. The van der Waals surface area contributed by atoms with Gasteiger partial charge in [-0.2, -0.15) is 0 Å². The Morgan fingerprint density at radius 2 is 1.86 bits per heavy atom. The van der Waals surface area contributed by atoms with Crippen molar-refractivity contribution in [3.63, 3.8) is 0 Å². The molecule has 128 valence electrons. The van der Waals surface area contributed by atoms with Gasteiger partial charge in [-0.1, -0.05) is 58.1 Å². The summed E-state index contributed by atoms with van der Waals surface area (Å²) in [5.41, 5.74) is 8.25. The fraction of sp³-hybridized carbons (Fsp3) is 0.905. The molecule has 0 aromatic rings. The van der Waals surface area contributed by atoms with Crippen molar-refractivity contribution in [2.75, 3.05) is 0 Å². The first-order chi connectivity index (χ1) is 10.6. The van der Waals surface area contributed by atoms with Gasteiger partial charge < -0.3 is 5.73 Å². The molecule has 2 aliphatic rings. The molecule has 2 saturated carbocycles. The molecule has 4 atom stereocenters. The van der Waals surface area contributed by atoms with E-state index in [1.165, 1.54) is 70.6 Å². The fourth-order valence-corrected chi connectivity index (χ4v) is 4.68. The topological polar surface area (TPSA) is 26.0 Å². The van der Waals surface area contributed by atoms with Crippen LogP contribution < -0.4 is 5.73 Å². The van der Waals surface area contributed by atoms with Crippen molar-refractivity contribution < 1.29 is 0 Å². The van der Waals surface area contributed by atoms with Crippen LogP contribution in [-0.4, -0.2) is 6.04 Å². The Morgan fingerprint density at radius 1 is 1.14 bits per heavy atom. The van der Waals surface area contributed by atoms with Crippen LogP contribution >= 0.6 is 0 Å². The molecule has 2 aliphatic carbocycles. The summed E-state index contributed by atoms with van der Waals surface area (Å²) in [6, 6.07) is 0.394. The van der Waals surface area contributed by atoms with Crippen LogP contribution in [0.4, 0.5) is 0 Å². The number of rotatable bonds is 8. The van der Waals surface area contributed by atoms with Crippen LogP contribution in [0.15, 0.2) is 11.6 Å². The zero-order valence-electron chi connectivity index (χ0n) is 15.3. The molecule has 4 unspecified atom stereocenters. The van der Waals surface area contributed by atoms with Gasteiger partial charge in [0.15, 0.2) is 0 Å². The van der Waals surface area contributed by atoms with Crippen molar-refractivity contribution in [3.8, 4) is 0 Å². The molecule has 0 heterocycles. The third-order valence-corrected chi connectivity index (χ3v) is 6.31. The van der Waals surface area contributed by atoms with E-state index < -0.39 is 0 Å². The summed E-state index contributed by atoms with van der Waals surface area (Å²) < 4.78 is 0. The van der Waals surface area contributed by atoms with Crippen LogP contribution in [0.2, 0.25) is 0 Å². The minimum absolute atomic E-state index is 0.394. The van der Waals surface area contributed by atoms with Gasteiger partial charge in [-0.25, -0.2) is 0 Å². The SMILES string of the molecule is CCCC(C)C(N)CC/C(=C\C1CCCC1)C1CCC(C)C1. The van der Waals surface area contributed by atoms with Crippen molar-refractivity contribution in [3.05, 3.63) is 11.6 Å². The molecule has 0 amide bonds. The van der Waals surface area contributed by atoms with E-state index in [4.69, 9.17) is 5.73 Å². The molecule has 0 aromatic carbocycles. The third kappa shape index (κ3) is 5.41. The maximum Gasteiger partial charge on any atom is 0.00675 e. The van der Waals surface area contributed by atoms with Crippen molar-refractivity contribution in [2.24, 2.45) is 29.4 Å². The predicted octanol–water partition coefficient (Wildman–Crippen LogP) is 6.08. The Bertz CT molecular complexity index is 340. The minimum atomic E-state index is 0.394. The van der Waals surface area contributed by atoms with Gasteiger partial charge in [0, 0.05) is 6.04 Å². The highest BCUT2D eigenvalue weighted by Crippen LogP contribution is 2.39. The van der Waals surface area contributed by atoms with Crippen molar-refractivity contribution in [1.29, 1.82) is 0 Å². The van der Waals surface area contributed by atoms with Crippen LogP contribution in [-0.2, 0) is 0 Å². The highest BCUT2D eigenvalue weighted by Gasteiger charge is 2.26. The lowest BCUT2D eigenvalue weighted by Crippen LogP contribution is -2.28. The van der Waals surface area contributed by atoms with E-state index in [9.17, 15) is 0 Å². The molecular formula is C21H39N. The molecule has 2 fully saturated rings. The second kappa shape index (κ2) is 9.11. The van der Waals surface area contributed by atoms with Crippen molar-refractivity contribution in [1.82, 2.24) is 0 Å². The van der Waals surface area contributed by atoms with E-state index in [1.54, 1.807) is 5.57 Å². The molecule has 2 N–H and O–H groups in total. The largest absolute Gasteiger partial charge is 0.327 e. The van der Waals surface area contributed by atoms with Gasteiger partial charge in [0.05, 0.1) is 0 Å². The Hall–Kier alpha value is -0.300. The standard InChI is InChI=1S/C21H39N/c1-4-7-17(3)21(22)13-12-20(15-18-8-5-6-9-18)19-11-10-16(2)14-19/h15-19,21H,4-14,22H2,1-3H3/b20-15+. The van der Waals surface area contributed by atoms with E-state index in [0.717, 1.165) is 17.8 Å². The molecule has 0 saturated heterocycles. The lowest BCUT2D eigenvalue weighted by molar-refractivity contribution is 0.395. The number of hydrogen-bond donors (Lipinski definition) is 1. The second-order valence-electron chi connectivity index (χ2n) is 8.37. The maximum atomic E-state index is 6.46. The molecule has 2 rings (SSSR count). The summed E-state index contributed by atoms with van der Waals surface area (Å²) in [5.74, 6) is 3.38. The van der Waals surface area contributed by atoms with Gasteiger partial charge in [0.2, 0.25) is 0 Å². The van der Waals surface area contributed by atoms with Gasteiger partial charge in [-0.15, -0.1) is 0 Å². The monoisotopic (exact) mass is 305 g/mol. The zero-order valence-corrected chi connectivity index (χ0v) is 15.3. The van der Waals surface area contributed by atoms with Crippen LogP contribution in [0.1, 0.15) is 91.4 Å². The molecule has 1 heteroatoms. The van der Waals surface area contributed by atoms with Crippen LogP contribution in [0, 0.1) is 23.7 Å². The average Bonchev–Trinajstić information content (AvgIpc) is 3.14. The summed E-state index contributed by atoms with van der Waals surface area (Å²) in [6.07, 6.45) is 17.8. The van der Waals surface area contributed by atoms with E-state index in [0.29, 0.717) is 12.0 Å². The van der Waals surface area contributed by atoms with Crippen LogP contribution in [0.5, 0.6) is 0 Å². The van der Waals surface area contributed by atoms with E-state index in [1.807, 2.05) is 0 Å². The molecular weight excluding hydrogens is 266 g/mol. The fourth-order valence-electron chi connectivity index (χ4n) is 4.68. The van der Waals surface area contributed by atoms with Crippen molar-refractivity contribution in [2.45, 2.75) is 97.4 Å². The number of allylic oxidation sites excluding steroid dienone is 2. The zero-order chi connectivity index (χ0) is 15.9. The Kier molecular flexibility index (Phi) is 7.47. The molecule has 0 bridgehead atoms. The highest BCUT2D eigenvalue weighted by atomic mass is 14.6. The molecule has 22 heavy (non-hydrogen) atoms. The van der Waals surface area contributed by atoms with Gasteiger partial charge in [0.1, 0.15) is 0 Å². The lowest BCUT2D eigenvalue weighted by Gasteiger charge is -2.23. The first-order valence-corrected chi connectivity index (χ1v) is 10.1. The molecule has 0 radical (unpaired) electrons. The Balaban J connectivity index is 1.92. The molecule has 0 aromatic heterocycles. The van der Waals surface area contributed by atoms with E-state index in [2.05, 4.69) is 26.8 Å². The van der Waals surface area contributed by atoms with Crippen molar-refractivity contribution >= 4 is 0 Å². The lowest BCUT2D eigenvalue weighted by atomic mass is 9.86. The first-order valence-electron chi connectivity index (χ1n) is 10.1. The van der Waals surface area contributed by atoms with E-state index in [-0.39, 0.29) is 0 Å². The smallest absolute Gasteiger partial charge is 0.00675 e. The van der Waals surface area contributed by atoms with Gasteiger partial charge in [-0.3, -0.25) is 0 Å². The minimum Gasteiger partial charge on any atom is -0.327 e. The van der Waals surface area contributed by atoms with Gasteiger partial charge in [-0.05, 0) is 68.6 Å². The third-order valence-electron chi connectivity index (χ3n) is 6.31. The Morgan fingerprint density at radius 3 is 2.45 bits per heavy atom. The average molecular weight is 306 g/mol. The summed E-state index contributed by atoms with van der Waals surface area (Å²) in [5, 5.41) is 0. The quantitative estimate of drug-likeness (QED) is 0.540. The van der Waals surface area contributed by atoms with Crippen LogP contribution in [0.3, 0.4) is 0 Å². The molecule has 0 spiro atoms.